The van der Waals surface area contributed by atoms with Gasteiger partial charge >= 0.3 is 12.0 Å². The molecule has 110 valence electrons. The molecule has 1 rings (SSSR count). The van der Waals surface area contributed by atoms with Gasteiger partial charge in [-0.2, -0.15) is 0 Å². The smallest absolute Gasteiger partial charge is 0.338 e. The van der Waals surface area contributed by atoms with Crippen LogP contribution in [0.1, 0.15) is 24.2 Å². The number of hydrogen-bond acceptors (Lipinski definition) is 3. The van der Waals surface area contributed by atoms with Crippen LogP contribution >= 0.6 is 0 Å². The van der Waals surface area contributed by atoms with Crippen LogP contribution in [0.4, 0.5) is 14.9 Å². The van der Waals surface area contributed by atoms with Crippen molar-refractivity contribution in [2.24, 2.45) is 0 Å². The molecule has 0 spiro atoms. The summed E-state index contributed by atoms with van der Waals surface area (Å²) in [5.74, 6) is -2.31. The average Bonchev–Trinajstić information content (AvgIpc) is 2.26. The summed E-state index contributed by atoms with van der Waals surface area (Å²) >= 11 is 0. The molecule has 3 N–H and O–H groups in total. The van der Waals surface area contributed by atoms with Crippen LogP contribution in [0.15, 0.2) is 18.2 Å². The number of likely N-dealkylation sites (N-methyl/N-ethyl adjacent to an activating group) is 1. The molecule has 7 heteroatoms. The third kappa shape index (κ3) is 4.51. The number of carboxylic acids is 1. The van der Waals surface area contributed by atoms with E-state index < -0.39 is 29.0 Å². The second kappa shape index (κ2) is 5.87. The molecule has 0 aliphatic heterocycles. The Labute approximate surface area is 115 Å². The fourth-order valence-corrected chi connectivity index (χ4v) is 1.64. The van der Waals surface area contributed by atoms with Crippen LogP contribution in [0, 0.1) is 5.82 Å². The number of halogens is 1. The van der Waals surface area contributed by atoms with E-state index in [0.717, 1.165) is 12.1 Å². The van der Waals surface area contributed by atoms with Crippen LogP contribution < -0.4 is 5.32 Å². The maximum Gasteiger partial charge on any atom is 0.338 e. The van der Waals surface area contributed by atoms with Crippen molar-refractivity contribution in [1.82, 2.24) is 4.90 Å². The van der Waals surface area contributed by atoms with E-state index in [9.17, 15) is 19.1 Å². The molecule has 0 saturated heterocycles. The van der Waals surface area contributed by atoms with E-state index in [1.807, 2.05) is 0 Å². The van der Waals surface area contributed by atoms with Gasteiger partial charge in [0, 0.05) is 12.7 Å². The van der Waals surface area contributed by atoms with Gasteiger partial charge in [-0.05, 0) is 32.0 Å². The van der Waals surface area contributed by atoms with E-state index in [4.69, 9.17) is 5.11 Å². The molecular weight excluding hydrogens is 267 g/mol. The number of carboxylic acid groups (broad SMARTS) is 1. The Balaban J connectivity index is 2.76. The van der Waals surface area contributed by atoms with Gasteiger partial charge in [-0.1, -0.05) is 0 Å². The zero-order valence-electron chi connectivity index (χ0n) is 11.5. The third-order valence-corrected chi connectivity index (χ3v) is 2.42. The molecule has 0 fully saturated rings. The van der Waals surface area contributed by atoms with Gasteiger partial charge in [0.25, 0.3) is 0 Å². The van der Waals surface area contributed by atoms with Crippen molar-refractivity contribution >= 4 is 17.7 Å². The number of hydrogen-bond donors (Lipinski definition) is 3. The topological polar surface area (TPSA) is 89.9 Å². The number of nitrogens with one attached hydrogen (secondary N) is 1. The maximum atomic E-state index is 13.4. The zero-order valence-corrected chi connectivity index (χ0v) is 11.5. The maximum absolute atomic E-state index is 13.4. The molecule has 0 bridgehead atoms. The normalized spacial score (nSPS) is 11.1. The standard InChI is InChI=1S/C13H17FN2O4/c1-13(2,20)7-16(3)12(19)15-8-4-5-9(11(17)18)10(14)6-8/h4-6,20H,7H2,1-3H3,(H,15,19)(H,17,18). The molecule has 0 radical (unpaired) electrons. The fourth-order valence-electron chi connectivity index (χ4n) is 1.64. The van der Waals surface area contributed by atoms with Gasteiger partial charge in [-0.3, -0.25) is 0 Å². The van der Waals surface area contributed by atoms with E-state index in [-0.39, 0.29) is 12.2 Å². The van der Waals surface area contributed by atoms with Crippen LogP contribution in [0.2, 0.25) is 0 Å². The SMILES string of the molecule is CN(CC(C)(C)O)C(=O)Nc1ccc(C(=O)O)c(F)c1. The van der Waals surface area contributed by atoms with Crippen molar-refractivity contribution in [1.29, 1.82) is 0 Å². The van der Waals surface area contributed by atoms with E-state index in [1.165, 1.54) is 18.0 Å². The summed E-state index contributed by atoms with van der Waals surface area (Å²) in [6.45, 7) is 3.20. The van der Waals surface area contributed by atoms with E-state index in [1.54, 1.807) is 13.8 Å². The Bertz CT molecular complexity index is 526. The number of aromatic carboxylic acids is 1. The first-order valence-corrected chi connectivity index (χ1v) is 5.87. The summed E-state index contributed by atoms with van der Waals surface area (Å²) in [5, 5.41) is 20.7. The number of nitrogens with zero attached hydrogens (tertiary/aromatic N) is 1. The number of urea groups is 1. The van der Waals surface area contributed by atoms with Crippen LogP contribution in [0.25, 0.3) is 0 Å². The first-order valence-electron chi connectivity index (χ1n) is 5.87. The summed E-state index contributed by atoms with van der Waals surface area (Å²) in [6, 6.07) is 2.76. The van der Waals surface area contributed by atoms with Crippen molar-refractivity contribution in [3.8, 4) is 0 Å². The lowest BCUT2D eigenvalue weighted by molar-refractivity contribution is 0.0550. The zero-order chi connectivity index (χ0) is 15.5. The van der Waals surface area contributed by atoms with Gasteiger partial charge in [0.2, 0.25) is 0 Å². The van der Waals surface area contributed by atoms with Gasteiger partial charge in [-0.15, -0.1) is 0 Å². The largest absolute Gasteiger partial charge is 0.478 e. The Morgan fingerprint density at radius 3 is 2.45 bits per heavy atom. The lowest BCUT2D eigenvalue weighted by atomic mass is 10.1. The van der Waals surface area contributed by atoms with E-state index >= 15 is 0 Å². The Morgan fingerprint density at radius 2 is 2.00 bits per heavy atom. The highest BCUT2D eigenvalue weighted by Gasteiger charge is 2.19. The number of aliphatic hydroxyl groups is 1. The van der Waals surface area contributed by atoms with E-state index in [2.05, 4.69) is 5.32 Å². The van der Waals surface area contributed by atoms with Gasteiger partial charge in [0.1, 0.15) is 5.82 Å². The lowest BCUT2D eigenvalue weighted by Crippen LogP contribution is -2.41. The van der Waals surface area contributed by atoms with Crippen LogP contribution in [0.3, 0.4) is 0 Å². The molecule has 2 amide bonds. The minimum atomic E-state index is -1.38. The quantitative estimate of drug-likeness (QED) is 0.786. The number of benzene rings is 1. The molecule has 1 aromatic carbocycles. The van der Waals surface area contributed by atoms with Crippen molar-refractivity contribution in [3.63, 3.8) is 0 Å². The third-order valence-electron chi connectivity index (χ3n) is 2.42. The summed E-state index contributed by atoms with van der Waals surface area (Å²) in [4.78, 5) is 23.7. The van der Waals surface area contributed by atoms with Crippen molar-refractivity contribution < 1.29 is 24.2 Å². The Morgan fingerprint density at radius 1 is 1.40 bits per heavy atom. The number of anilines is 1. The Hall–Kier alpha value is -2.15. The fraction of sp³-hybridized carbons (Fsp3) is 0.385. The molecule has 1 aromatic rings. The van der Waals surface area contributed by atoms with Crippen LogP contribution in [-0.4, -0.2) is 46.3 Å². The number of amides is 2. The molecule has 20 heavy (non-hydrogen) atoms. The number of rotatable bonds is 4. The predicted octanol–water partition coefficient (Wildman–Crippen LogP) is 1.76. The molecule has 6 nitrogen and oxygen atoms in total. The Kier molecular flexibility index (Phi) is 4.67. The number of carbonyl (C=O) groups excluding carboxylic acids is 1. The van der Waals surface area contributed by atoms with Crippen LogP contribution in [-0.2, 0) is 0 Å². The van der Waals surface area contributed by atoms with Gasteiger partial charge in [0.05, 0.1) is 17.7 Å². The highest BCUT2D eigenvalue weighted by Crippen LogP contribution is 2.15. The number of carbonyl (C=O) groups is 2. The molecule has 0 aliphatic carbocycles. The summed E-state index contributed by atoms with van der Waals surface area (Å²) in [7, 11) is 1.48. The minimum absolute atomic E-state index is 0.0918. The lowest BCUT2D eigenvalue weighted by Gasteiger charge is -2.25. The summed E-state index contributed by atoms with van der Waals surface area (Å²) < 4.78 is 13.4. The summed E-state index contributed by atoms with van der Waals surface area (Å²) in [6.07, 6.45) is 0. The van der Waals surface area contributed by atoms with Crippen molar-refractivity contribution in [2.45, 2.75) is 19.4 Å². The molecule has 0 aromatic heterocycles. The van der Waals surface area contributed by atoms with Gasteiger partial charge in [0.15, 0.2) is 0 Å². The average molecular weight is 284 g/mol. The van der Waals surface area contributed by atoms with E-state index in [0.29, 0.717) is 0 Å². The van der Waals surface area contributed by atoms with Crippen LogP contribution in [0.5, 0.6) is 0 Å². The molecule has 0 atom stereocenters. The van der Waals surface area contributed by atoms with Gasteiger partial charge in [-0.25, -0.2) is 14.0 Å². The molecule has 0 aliphatic rings. The highest BCUT2D eigenvalue weighted by atomic mass is 19.1. The molecule has 0 unspecified atom stereocenters. The second-order valence-electron chi connectivity index (χ2n) is 5.10. The second-order valence-corrected chi connectivity index (χ2v) is 5.10. The molecule has 0 heterocycles. The predicted molar refractivity (Wildman–Crippen MR) is 71.3 cm³/mol. The molecular formula is C13H17FN2O4. The summed E-state index contributed by atoms with van der Waals surface area (Å²) in [5.41, 5.74) is -1.38. The monoisotopic (exact) mass is 284 g/mol. The van der Waals surface area contributed by atoms with Crippen molar-refractivity contribution in [3.05, 3.63) is 29.6 Å². The highest BCUT2D eigenvalue weighted by molar-refractivity contribution is 5.91. The van der Waals surface area contributed by atoms with Crippen molar-refractivity contribution in [2.75, 3.05) is 18.9 Å². The molecule has 0 saturated carbocycles. The first-order chi connectivity index (χ1) is 9.10. The minimum Gasteiger partial charge on any atom is -0.478 e. The van der Waals surface area contributed by atoms with Gasteiger partial charge < -0.3 is 20.4 Å². The first kappa shape index (κ1) is 15.9.